The Hall–Kier alpha value is -3.88. The van der Waals surface area contributed by atoms with Gasteiger partial charge in [-0.3, -0.25) is 9.32 Å². The van der Waals surface area contributed by atoms with Crippen LogP contribution in [0, 0.1) is 5.82 Å². The lowest BCUT2D eigenvalue weighted by molar-refractivity contribution is -0.751. The summed E-state index contributed by atoms with van der Waals surface area (Å²) in [5, 5.41) is 3.45. The summed E-state index contributed by atoms with van der Waals surface area (Å²) in [6, 6.07) is 11.9. The van der Waals surface area contributed by atoms with Gasteiger partial charge in [-0.1, -0.05) is 22.9 Å². The predicted molar refractivity (Wildman–Crippen MR) is 108 cm³/mol. The normalized spacial score (nSPS) is 15.8. The Bertz CT molecular complexity index is 1340. The number of amides is 1. The molecule has 3 heterocycles. The third-order valence-electron chi connectivity index (χ3n) is 5.69. The summed E-state index contributed by atoms with van der Waals surface area (Å²) < 4.78 is 26.2. The molecule has 2 N–H and O–H groups in total. The maximum atomic E-state index is 15.1. The van der Waals surface area contributed by atoms with E-state index in [2.05, 4.69) is 14.8 Å². The Morgan fingerprint density at radius 3 is 2.90 bits per heavy atom. The van der Waals surface area contributed by atoms with Crippen LogP contribution in [0.25, 0.3) is 10.9 Å². The summed E-state index contributed by atoms with van der Waals surface area (Å²) in [5.41, 5.74) is 2.59. The van der Waals surface area contributed by atoms with Crippen LogP contribution < -0.4 is 15.0 Å². The van der Waals surface area contributed by atoms with Gasteiger partial charge < -0.3 is 14.6 Å². The van der Waals surface area contributed by atoms with Crippen LogP contribution in [0.15, 0.2) is 58.0 Å². The zero-order chi connectivity index (χ0) is 21.5. The van der Waals surface area contributed by atoms with Crippen molar-refractivity contribution in [3.8, 4) is 5.75 Å². The van der Waals surface area contributed by atoms with Crippen LogP contribution in [0.5, 0.6) is 5.75 Å². The first kappa shape index (κ1) is 19.1. The van der Waals surface area contributed by atoms with Crippen molar-refractivity contribution in [1.82, 2.24) is 15.2 Å². The van der Waals surface area contributed by atoms with Crippen molar-refractivity contribution in [3.05, 3.63) is 81.7 Å². The minimum atomic E-state index is -0.645. The van der Waals surface area contributed by atoms with Gasteiger partial charge in [0.2, 0.25) is 0 Å². The number of halogens is 1. The summed E-state index contributed by atoms with van der Waals surface area (Å²) in [6.07, 6.45) is 1.80. The number of ether oxygens (including phenoxy) is 1. The number of H-pyrrole nitrogens is 2. The van der Waals surface area contributed by atoms with Crippen LogP contribution in [0.2, 0.25) is 0 Å². The average molecular weight is 423 g/mol. The fraction of sp³-hybridized carbons (Fsp3) is 0.227. The maximum Gasteiger partial charge on any atom is 0.426 e. The van der Waals surface area contributed by atoms with Crippen molar-refractivity contribution >= 4 is 16.8 Å². The summed E-state index contributed by atoms with van der Waals surface area (Å²) in [7, 11) is 1.48. The molecule has 8 nitrogen and oxygen atoms in total. The van der Waals surface area contributed by atoms with Crippen LogP contribution in [0.3, 0.4) is 0 Å². The predicted octanol–water partition coefficient (Wildman–Crippen LogP) is 2.06. The third-order valence-corrected chi connectivity index (χ3v) is 5.69. The molecule has 1 atom stereocenters. The van der Waals surface area contributed by atoms with Gasteiger partial charge in [-0.25, -0.2) is 9.18 Å². The molecule has 5 rings (SSSR count). The van der Waals surface area contributed by atoms with Gasteiger partial charge in [-0.05, 0) is 35.5 Å². The Labute approximate surface area is 175 Å². The minimum Gasteiger partial charge on any atom is -0.497 e. The molecule has 0 saturated heterocycles. The van der Waals surface area contributed by atoms with Gasteiger partial charge in [0.05, 0.1) is 7.11 Å². The number of hydrogen-bond acceptors (Lipinski definition) is 4. The monoisotopic (exact) mass is 423 g/mol. The highest BCUT2D eigenvalue weighted by Crippen LogP contribution is 2.39. The van der Waals surface area contributed by atoms with E-state index in [0.29, 0.717) is 24.3 Å². The average Bonchev–Trinajstić information content (AvgIpc) is 3.36. The van der Waals surface area contributed by atoms with Crippen LogP contribution in [-0.4, -0.2) is 34.7 Å². The smallest absolute Gasteiger partial charge is 0.426 e. The van der Waals surface area contributed by atoms with Gasteiger partial charge in [0.25, 0.3) is 18.6 Å². The van der Waals surface area contributed by atoms with Crippen LogP contribution >= 0.6 is 0 Å². The number of para-hydroxylation sites is 1. The Morgan fingerprint density at radius 1 is 1.32 bits per heavy atom. The minimum absolute atomic E-state index is 0.129. The number of aromatic nitrogens is 3. The van der Waals surface area contributed by atoms with E-state index in [1.807, 2.05) is 24.3 Å². The number of fused-ring (bicyclic) bond motifs is 3. The Morgan fingerprint density at radius 2 is 2.16 bits per heavy atom. The number of carbonyl (C=O) groups excluding carboxylic acids is 1. The fourth-order valence-corrected chi connectivity index (χ4v) is 4.29. The van der Waals surface area contributed by atoms with Crippen molar-refractivity contribution in [2.75, 3.05) is 13.7 Å². The second-order valence-electron chi connectivity index (χ2n) is 7.46. The first-order chi connectivity index (χ1) is 15.0. The van der Waals surface area contributed by atoms with E-state index in [-0.39, 0.29) is 12.5 Å². The van der Waals surface area contributed by atoms with Crippen LogP contribution in [0.1, 0.15) is 22.9 Å². The molecule has 2 aromatic heterocycles. The van der Waals surface area contributed by atoms with Gasteiger partial charge >= 0.3 is 5.63 Å². The van der Waals surface area contributed by atoms with Gasteiger partial charge in [0.15, 0.2) is 0 Å². The van der Waals surface area contributed by atoms with Crippen molar-refractivity contribution in [3.63, 3.8) is 0 Å². The number of aromatic amines is 2. The quantitative estimate of drug-likeness (QED) is 0.491. The van der Waals surface area contributed by atoms with Gasteiger partial charge in [0, 0.05) is 34.8 Å². The third kappa shape index (κ3) is 3.27. The molecule has 0 spiro atoms. The first-order valence-electron chi connectivity index (χ1n) is 9.85. The van der Waals surface area contributed by atoms with Gasteiger partial charge in [-0.2, -0.15) is 0 Å². The number of nitrogens with one attached hydrogen (secondary N) is 2. The van der Waals surface area contributed by atoms with E-state index in [4.69, 9.17) is 4.74 Å². The molecule has 0 unspecified atom stereocenters. The Kier molecular flexibility index (Phi) is 4.58. The van der Waals surface area contributed by atoms with E-state index >= 15 is 4.39 Å². The lowest BCUT2D eigenvalue weighted by Crippen LogP contribution is -2.49. The molecule has 0 bridgehead atoms. The van der Waals surface area contributed by atoms with E-state index in [0.717, 1.165) is 22.2 Å². The standard InChI is InChI=1S/C22H19FN4O4/c1-30-13-6-7-16(17(23)10-13)22-21-15(14-4-2-3-5-18(14)24-21)8-9-27(22)19(28)11-26-12-20(29)31-25-26/h2-7,10,12,22,24H,8-9,11H2,1H3/p+1/t22-/m1/s1. The molecule has 2 aromatic carbocycles. The molecule has 0 aliphatic carbocycles. The van der Waals surface area contributed by atoms with Crippen molar-refractivity contribution in [2.24, 2.45) is 0 Å². The number of hydrogen-bond donors (Lipinski definition) is 2. The molecule has 4 aromatic rings. The topological polar surface area (TPSA) is 95.2 Å². The molecular weight excluding hydrogens is 403 g/mol. The summed E-state index contributed by atoms with van der Waals surface area (Å²) in [6.45, 7) is 0.280. The molecular formula is C22H20FN4O4+. The second kappa shape index (κ2) is 7.42. The molecule has 1 amide bonds. The lowest BCUT2D eigenvalue weighted by Gasteiger charge is -2.35. The SMILES string of the molecule is COc1ccc([C@@H]2c3[nH]c4ccccc4c3CCN2C(=O)C[n+]2cc(=O)o[nH]2)c(F)c1. The molecule has 9 heteroatoms. The van der Waals surface area contributed by atoms with Gasteiger partial charge in [-0.15, -0.1) is 0 Å². The van der Waals surface area contributed by atoms with E-state index in [1.165, 1.54) is 24.1 Å². The van der Waals surface area contributed by atoms with E-state index < -0.39 is 17.5 Å². The highest BCUT2D eigenvalue weighted by atomic mass is 19.1. The highest BCUT2D eigenvalue weighted by molar-refractivity contribution is 5.86. The zero-order valence-electron chi connectivity index (χ0n) is 16.7. The molecule has 1 aliphatic heterocycles. The van der Waals surface area contributed by atoms with Gasteiger partial charge in [0.1, 0.15) is 17.6 Å². The molecule has 31 heavy (non-hydrogen) atoms. The second-order valence-corrected chi connectivity index (χ2v) is 7.46. The largest absolute Gasteiger partial charge is 0.497 e. The lowest BCUT2D eigenvalue weighted by atomic mass is 9.92. The maximum absolute atomic E-state index is 15.1. The van der Waals surface area contributed by atoms with Crippen molar-refractivity contribution in [2.45, 2.75) is 19.0 Å². The number of methoxy groups -OCH3 is 1. The number of rotatable bonds is 4. The highest BCUT2D eigenvalue weighted by Gasteiger charge is 2.37. The Balaban J connectivity index is 1.62. The molecule has 0 radical (unpaired) electrons. The first-order valence-corrected chi connectivity index (χ1v) is 9.85. The molecule has 0 saturated carbocycles. The summed E-state index contributed by atoms with van der Waals surface area (Å²) >= 11 is 0. The van der Waals surface area contributed by atoms with E-state index in [1.54, 1.807) is 17.0 Å². The molecule has 158 valence electrons. The molecule has 0 fully saturated rings. The number of carbonyl (C=O) groups is 1. The van der Waals surface area contributed by atoms with Crippen molar-refractivity contribution in [1.29, 1.82) is 0 Å². The zero-order valence-corrected chi connectivity index (χ0v) is 16.7. The fourth-order valence-electron chi connectivity index (χ4n) is 4.29. The number of benzene rings is 2. The van der Waals surface area contributed by atoms with E-state index in [9.17, 15) is 9.59 Å². The van der Waals surface area contributed by atoms with Crippen LogP contribution in [0.4, 0.5) is 4.39 Å². The van der Waals surface area contributed by atoms with Crippen molar-refractivity contribution < 1.29 is 23.1 Å². The summed E-state index contributed by atoms with van der Waals surface area (Å²) in [5.74, 6) is -0.331. The molecule has 1 aliphatic rings. The summed E-state index contributed by atoms with van der Waals surface area (Å²) in [4.78, 5) is 29.5. The van der Waals surface area contributed by atoms with Crippen LogP contribution in [-0.2, 0) is 17.8 Å². The number of nitrogens with zero attached hydrogens (tertiary/aromatic N) is 2.